The first-order valence-corrected chi connectivity index (χ1v) is 6.41. The van der Waals surface area contributed by atoms with E-state index in [0.29, 0.717) is 23.3 Å². The number of rotatable bonds is 2. The van der Waals surface area contributed by atoms with E-state index in [0.717, 1.165) is 5.56 Å². The molecule has 0 radical (unpaired) electrons. The molecule has 1 aliphatic heterocycles. The zero-order valence-electron chi connectivity index (χ0n) is 10.5. The molecule has 0 saturated carbocycles. The average molecular weight is 293 g/mol. The Labute approximate surface area is 119 Å². The standard InChI is InChI=1S/C13H11NO5S/c1-2-17-13(16)10-11(15)7-4-9-6(5-18-19-9)3-8(7)14-12(10)20/h3-4H,2,5H2,1H3,(H2,14,15,20). The Bertz CT molecular complexity index is 716. The maximum absolute atomic E-state index is 11.8. The summed E-state index contributed by atoms with van der Waals surface area (Å²) in [6, 6.07) is 3.31. The summed E-state index contributed by atoms with van der Waals surface area (Å²) in [5.41, 5.74) is 1.27. The van der Waals surface area contributed by atoms with Crippen molar-refractivity contribution in [1.82, 2.24) is 4.98 Å². The SMILES string of the molecule is CCOC(=O)c1c(S)nc2cc3c(cc2c1O)OOC3. The molecule has 0 bridgehead atoms. The molecule has 0 amide bonds. The normalized spacial score (nSPS) is 13.1. The summed E-state index contributed by atoms with van der Waals surface area (Å²) in [4.78, 5) is 25.9. The lowest BCUT2D eigenvalue weighted by atomic mass is 10.1. The molecule has 3 rings (SSSR count). The van der Waals surface area contributed by atoms with E-state index in [1.165, 1.54) is 0 Å². The lowest BCUT2D eigenvalue weighted by Crippen LogP contribution is -2.07. The summed E-state index contributed by atoms with van der Waals surface area (Å²) < 4.78 is 4.89. The van der Waals surface area contributed by atoms with Gasteiger partial charge < -0.3 is 14.7 Å². The van der Waals surface area contributed by atoms with Gasteiger partial charge in [-0.25, -0.2) is 9.78 Å². The van der Waals surface area contributed by atoms with Gasteiger partial charge in [0.15, 0.2) is 5.75 Å². The van der Waals surface area contributed by atoms with Gasteiger partial charge in [0.1, 0.15) is 22.9 Å². The second-order valence-electron chi connectivity index (χ2n) is 4.20. The van der Waals surface area contributed by atoms with Crippen LogP contribution in [0.4, 0.5) is 0 Å². The van der Waals surface area contributed by atoms with Crippen LogP contribution in [0.2, 0.25) is 0 Å². The van der Waals surface area contributed by atoms with Gasteiger partial charge in [-0.05, 0) is 19.1 Å². The van der Waals surface area contributed by atoms with Crippen molar-refractivity contribution in [1.29, 1.82) is 0 Å². The fourth-order valence-electron chi connectivity index (χ4n) is 2.04. The van der Waals surface area contributed by atoms with Gasteiger partial charge in [-0.15, -0.1) is 12.6 Å². The summed E-state index contributed by atoms with van der Waals surface area (Å²) in [5.74, 6) is -0.393. The second-order valence-corrected chi connectivity index (χ2v) is 4.63. The number of benzene rings is 1. The van der Waals surface area contributed by atoms with Crippen LogP contribution in [-0.4, -0.2) is 22.7 Å². The molecule has 0 unspecified atom stereocenters. The second kappa shape index (κ2) is 4.84. The Kier molecular flexibility index (Phi) is 3.15. The minimum atomic E-state index is -0.665. The molecule has 1 aromatic carbocycles. The van der Waals surface area contributed by atoms with Gasteiger partial charge in [0.25, 0.3) is 0 Å². The highest BCUT2D eigenvalue weighted by Crippen LogP contribution is 2.37. The van der Waals surface area contributed by atoms with Gasteiger partial charge in [0.2, 0.25) is 0 Å². The Hall–Kier alpha value is -1.99. The van der Waals surface area contributed by atoms with Crippen LogP contribution in [0, 0.1) is 0 Å². The quantitative estimate of drug-likeness (QED) is 0.502. The number of hydrogen-bond donors (Lipinski definition) is 2. The number of thiol groups is 1. The molecule has 104 valence electrons. The smallest absolute Gasteiger partial charge is 0.344 e. The third-order valence-corrected chi connectivity index (χ3v) is 3.29. The van der Waals surface area contributed by atoms with E-state index in [4.69, 9.17) is 14.5 Å². The Morgan fingerprint density at radius 1 is 1.55 bits per heavy atom. The van der Waals surface area contributed by atoms with E-state index in [-0.39, 0.29) is 22.9 Å². The molecule has 6 nitrogen and oxygen atoms in total. The Morgan fingerprint density at radius 2 is 2.35 bits per heavy atom. The third-order valence-electron chi connectivity index (χ3n) is 2.96. The van der Waals surface area contributed by atoms with Crippen molar-refractivity contribution in [3.05, 3.63) is 23.3 Å². The Morgan fingerprint density at radius 3 is 3.10 bits per heavy atom. The van der Waals surface area contributed by atoms with Crippen molar-refractivity contribution >= 4 is 29.5 Å². The van der Waals surface area contributed by atoms with Crippen molar-refractivity contribution in [3.63, 3.8) is 0 Å². The van der Waals surface area contributed by atoms with E-state index < -0.39 is 5.97 Å². The number of carbonyl (C=O) groups excluding carboxylic acids is 1. The van der Waals surface area contributed by atoms with E-state index in [1.54, 1.807) is 19.1 Å². The van der Waals surface area contributed by atoms with Crippen LogP contribution in [0.25, 0.3) is 10.9 Å². The van der Waals surface area contributed by atoms with E-state index in [1.807, 2.05) is 0 Å². The van der Waals surface area contributed by atoms with Crippen molar-refractivity contribution in [2.24, 2.45) is 0 Å². The topological polar surface area (TPSA) is 77.9 Å². The highest BCUT2D eigenvalue weighted by atomic mass is 32.1. The first kappa shape index (κ1) is 13.0. The van der Waals surface area contributed by atoms with Gasteiger partial charge >= 0.3 is 5.97 Å². The van der Waals surface area contributed by atoms with Crippen molar-refractivity contribution in [2.45, 2.75) is 18.6 Å². The van der Waals surface area contributed by atoms with E-state index in [9.17, 15) is 9.90 Å². The summed E-state index contributed by atoms with van der Waals surface area (Å²) >= 11 is 4.15. The van der Waals surface area contributed by atoms with E-state index in [2.05, 4.69) is 17.6 Å². The lowest BCUT2D eigenvalue weighted by Gasteiger charge is -2.10. The van der Waals surface area contributed by atoms with Gasteiger partial charge in [-0.2, -0.15) is 4.89 Å². The number of fused-ring (bicyclic) bond motifs is 2. The van der Waals surface area contributed by atoms with Crippen molar-refractivity contribution in [3.8, 4) is 11.5 Å². The van der Waals surface area contributed by atoms with Gasteiger partial charge in [0, 0.05) is 10.9 Å². The number of nitrogens with zero attached hydrogens (tertiary/aromatic N) is 1. The molecule has 7 heteroatoms. The number of aromatic hydroxyl groups is 1. The number of ether oxygens (including phenoxy) is 1. The molecule has 0 saturated heterocycles. The molecule has 0 aliphatic carbocycles. The summed E-state index contributed by atoms with van der Waals surface area (Å²) in [5, 5.41) is 10.8. The van der Waals surface area contributed by atoms with Crippen LogP contribution in [0.15, 0.2) is 17.2 Å². The molecule has 0 fully saturated rings. The molecule has 1 N–H and O–H groups in total. The van der Waals surface area contributed by atoms with Gasteiger partial charge in [-0.3, -0.25) is 0 Å². The zero-order chi connectivity index (χ0) is 14.3. The monoisotopic (exact) mass is 293 g/mol. The third kappa shape index (κ3) is 1.95. The summed E-state index contributed by atoms with van der Waals surface area (Å²) in [6.07, 6.45) is 0. The average Bonchev–Trinajstić information content (AvgIpc) is 2.84. The molecule has 20 heavy (non-hydrogen) atoms. The first-order chi connectivity index (χ1) is 9.61. The molecule has 2 aromatic rings. The fraction of sp³-hybridized carbons (Fsp3) is 0.231. The molecular formula is C13H11NO5S. The highest BCUT2D eigenvalue weighted by Gasteiger charge is 2.23. The number of esters is 1. The number of aromatic nitrogens is 1. The van der Waals surface area contributed by atoms with Crippen LogP contribution in [-0.2, 0) is 16.2 Å². The van der Waals surface area contributed by atoms with Gasteiger partial charge in [-0.1, -0.05) is 0 Å². The zero-order valence-corrected chi connectivity index (χ0v) is 11.4. The van der Waals surface area contributed by atoms with Crippen molar-refractivity contribution in [2.75, 3.05) is 6.61 Å². The van der Waals surface area contributed by atoms with Crippen LogP contribution in [0.1, 0.15) is 22.8 Å². The van der Waals surface area contributed by atoms with Crippen LogP contribution < -0.4 is 4.89 Å². The molecule has 2 heterocycles. The molecule has 0 spiro atoms. The van der Waals surface area contributed by atoms with Gasteiger partial charge in [0.05, 0.1) is 12.1 Å². The first-order valence-electron chi connectivity index (χ1n) is 5.97. The minimum absolute atomic E-state index is 0.0541. The van der Waals surface area contributed by atoms with Crippen LogP contribution >= 0.6 is 12.6 Å². The van der Waals surface area contributed by atoms with Crippen LogP contribution in [0.3, 0.4) is 0 Å². The van der Waals surface area contributed by atoms with Crippen LogP contribution in [0.5, 0.6) is 11.5 Å². The minimum Gasteiger partial charge on any atom is -0.506 e. The number of carbonyl (C=O) groups is 1. The highest BCUT2D eigenvalue weighted by molar-refractivity contribution is 7.80. The van der Waals surface area contributed by atoms with E-state index >= 15 is 0 Å². The maximum Gasteiger partial charge on any atom is 0.344 e. The molecule has 1 aromatic heterocycles. The molecule has 1 aliphatic rings. The maximum atomic E-state index is 11.8. The number of hydrogen-bond acceptors (Lipinski definition) is 7. The fourth-order valence-corrected chi connectivity index (χ4v) is 2.35. The summed E-state index contributed by atoms with van der Waals surface area (Å²) in [7, 11) is 0. The van der Waals surface area contributed by atoms with Crippen molar-refractivity contribution < 1.29 is 24.4 Å². The predicted molar refractivity (Wildman–Crippen MR) is 72.0 cm³/mol. The number of pyridine rings is 1. The largest absolute Gasteiger partial charge is 0.506 e. The summed E-state index contributed by atoms with van der Waals surface area (Å²) in [6.45, 7) is 2.19. The predicted octanol–water partition coefficient (Wildman–Crippen LogP) is 2.23. The molecular weight excluding hydrogens is 282 g/mol. The lowest BCUT2D eigenvalue weighted by molar-refractivity contribution is -0.194. The molecule has 0 atom stereocenters. The Balaban J connectivity index is 2.23.